The third kappa shape index (κ3) is 2.97. The van der Waals surface area contributed by atoms with Gasteiger partial charge in [-0.15, -0.1) is 11.3 Å². The maximum Gasteiger partial charge on any atom is 0.186 e. The van der Waals surface area contributed by atoms with Gasteiger partial charge in [0.05, 0.1) is 0 Å². The Balaban J connectivity index is 1.91. The Kier molecular flexibility index (Phi) is 3.80. The lowest BCUT2D eigenvalue weighted by atomic mass is 10.1. The molecule has 16 heavy (non-hydrogen) atoms. The van der Waals surface area contributed by atoms with Crippen LogP contribution in [0, 0.1) is 0 Å². The second kappa shape index (κ2) is 5.32. The highest BCUT2D eigenvalue weighted by Gasteiger charge is 2.05. The summed E-state index contributed by atoms with van der Waals surface area (Å²) in [6.07, 6.45) is 1.02. The summed E-state index contributed by atoms with van der Waals surface area (Å²) in [5, 5.41) is 3.41. The Labute approximate surface area is 105 Å². The van der Waals surface area contributed by atoms with Crippen molar-refractivity contribution in [3.8, 4) is 0 Å². The van der Waals surface area contributed by atoms with Crippen molar-refractivity contribution in [2.24, 2.45) is 0 Å². The average molecular weight is 253 g/mol. The molecule has 2 rings (SSSR count). The molecule has 0 aliphatic carbocycles. The number of hydrogen-bond acceptors (Lipinski definition) is 3. The fourth-order valence-electron chi connectivity index (χ4n) is 1.46. The average Bonchev–Trinajstić information content (AvgIpc) is 2.74. The highest BCUT2D eigenvalue weighted by atomic mass is 35.5. The first-order chi connectivity index (χ1) is 7.75. The van der Waals surface area contributed by atoms with Gasteiger partial charge in [-0.2, -0.15) is 0 Å². The summed E-state index contributed by atoms with van der Waals surface area (Å²) in [6.45, 7) is 0.952. The number of likely N-dealkylation sites (N-methyl/N-ethyl adjacent to an activating group) is 1. The molecule has 0 spiro atoms. The van der Waals surface area contributed by atoms with Crippen LogP contribution >= 0.6 is 22.9 Å². The number of thiazole rings is 1. The van der Waals surface area contributed by atoms with Gasteiger partial charge < -0.3 is 4.90 Å². The van der Waals surface area contributed by atoms with Gasteiger partial charge in [-0.05, 0) is 12.0 Å². The maximum atomic E-state index is 5.79. The molecule has 1 aromatic heterocycles. The van der Waals surface area contributed by atoms with Crippen molar-refractivity contribution >= 4 is 28.1 Å². The van der Waals surface area contributed by atoms with Crippen molar-refractivity contribution in [3.05, 3.63) is 46.4 Å². The molecule has 0 unspecified atom stereocenters. The van der Waals surface area contributed by atoms with Crippen LogP contribution in [0.2, 0.25) is 5.15 Å². The minimum atomic E-state index is 0.576. The van der Waals surface area contributed by atoms with E-state index in [9.17, 15) is 0 Å². The van der Waals surface area contributed by atoms with Gasteiger partial charge in [0.15, 0.2) is 5.13 Å². The Morgan fingerprint density at radius 3 is 2.69 bits per heavy atom. The second-order valence-electron chi connectivity index (χ2n) is 3.61. The van der Waals surface area contributed by atoms with E-state index in [0.717, 1.165) is 18.1 Å². The first-order valence-corrected chi connectivity index (χ1v) is 6.37. The molecular weight excluding hydrogens is 240 g/mol. The molecule has 1 heterocycles. The van der Waals surface area contributed by atoms with Gasteiger partial charge in [-0.3, -0.25) is 0 Å². The van der Waals surface area contributed by atoms with Gasteiger partial charge >= 0.3 is 0 Å². The molecule has 1 aromatic carbocycles. The molecule has 84 valence electrons. The number of hydrogen-bond donors (Lipinski definition) is 0. The van der Waals surface area contributed by atoms with Gasteiger partial charge in [-0.1, -0.05) is 41.9 Å². The zero-order valence-electron chi connectivity index (χ0n) is 9.06. The molecule has 0 radical (unpaired) electrons. The molecule has 0 bridgehead atoms. The predicted molar refractivity (Wildman–Crippen MR) is 70.5 cm³/mol. The minimum absolute atomic E-state index is 0.576. The first kappa shape index (κ1) is 11.4. The molecule has 4 heteroatoms. The molecule has 2 aromatic rings. The van der Waals surface area contributed by atoms with E-state index in [0.29, 0.717) is 5.15 Å². The molecule has 0 amide bonds. The second-order valence-corrected chi connectivity index (χ2v) is 4.83. The molecule has 0 saturated heterocycles. The molecule has 0 atom stereocenters. The fraction of sp³-hybridized carbons (Fsp3) is 0.250. The number of nitrogens with zero attached hydrogens (tertiary/aromatic N) is 2. The molecule has 0 N–H and O–H groups in total. The van der Waals surface area contributed by atoms with E-state index >= 15 is 0 Å². The molecule has 0 aliphatic rings. The fourth-order valence-corrected chi connectivity index (χ4v) is 2.40. The molecule has 2 nitrogen and oxygen atoms in total. The Morgan fingerprint density at radius 1 is 1.31 bits per heavy atom. The van der Waals surface area contributed by atoms with Crippen LogP contribution < -0.4 is 4.90 Å². The zero-order valence-corrected chi connectivity index (χ0v) is 10.6. The van der Waals surface area contributed by atoms with E-state index in [1.165, 1.54) is 5.56 Å². The summed E-state index contributed by atoms with van der Waals surface area (Å²) >= 11 is 7.37. The highest BCUT2D eigenvalue weighted by molar-refractivity contribution is 7.14. The number of aromatic nitrogens is 1. The van der Waals surface area contributed by atoms with E-state index in [1.807, 2.05) is 18.5 Å². The number of benzene rings is 1. The minimum Gasteiger partial charge on any atom is -0.351 e. The molecule has 0 saturated carbocycles. The lowest BCUT2D eigenvalue weighted by Crippen LogP contribution is -2.19. The van der Waals surface area contributed by atoms with E-state index in [1.54, 1.807) is 11.3 Å². The van der Waals surface area contributed by atoms with Crippen molar-refractivity contribution in [3.63, 3.8) is 0 Å². The van der Waals surface area contributed by atoms with Crippen LogP contribution in [0.1, 0.15) is 5.56 Å². The normalized spacial score (nSPS) is 10.4. The summed E-state index contributed by atoms with van der Waals surface area (Å²) in [4.78, 5) is 6.36. The van der Waals surface area contributed by atoms with Crippen LogP contribution in [-0.2, 0) is 6.42 Å². The van der Waals surface area contributed by atoms with Crippen LogP contribution in [-0.4, -0.2) is 18.6 Å². The highest BCUT2D eigenvalue weighted by Crippen LogP contribution is 2.22. The summed E-state index contributed by atoms with van der Waals surface area (Å²) in [7, 11) is 2.04. The van der Waals surface area contributed by atoms with Crippen LogP contribution in [0.4, 0.5) is 5.13 Å². The van der Waals surface area contributed by atoms with Gasteiger partial charge in [0.2, 0.25) is 0 Å². The first-order valence-electron chi connectivity index (χ1n) is 5.12. The lowest BCUT2D eigenvalue weighted by molar-refractivity contribution is 0.871. The Hall–Kier alpha value is -1.06. The predicted octanol–water partition coefficient (Wildman–Crippen LogP) is 3.48. The zero-order chi connectivity index (χ0) is 11.4. The smallest absolute Gasteiger partial charge is 0.186 e. The van der Waals surface area contributed by atoms with Crippen molar-refractivity contribution in [1.29, 1.82) is 0 Å². The topological polar surface area (TPSA) is 16.1 Å². The largest absolute Gasteiger partial charge is 0.351 e. The van der Waals surface area contributed by atoms with E-state index < -0.39 is 0 Å². The van der Waals surface area contributed by atoms with Crippen molar-refractivity contribution in [1.82, 2.24) is 4.98 Å². The van der Waals surface area contributed by atoms with Gasteiger partial charge in [-0.25, -0.2) is 4.98 Å². The van der Waals surface area contributed by atoms with E-state index in [2.05, 4.69) is 34.1 Å². The SMILES string of the molecule is CN(CCc1ccccc1)c1nc(Cl)cs1. The summed E-state index contributed by atoms with van der Waals surface area (Å²) in [5.41, 5.74) is 1.34. The number of anilines is 1. The summed E-state index contributed by atoms with van der Waals surface area (Å²) < 4.78 is 0. The van der Waals surface area contributed by atoms with Gasteiger partial charge in [0, 0.05) is 19.0 Å². The van der Waals surface area contributed by atoms with E-state index in [4.69, 9.17) is 11.6 Å². The Morgan fingerprint density at radius 2 is 2.06 bits per heavy atom. The molecule has 0 fully saturated rings. The number of rotatable bonds is 4. The van der Waals surface area contributed by atoms with Crippen LogP contribution in [0.5, 0.6) is 0 Å². The van der Waals surface area contributed by atoms with Gasteiger partial charge in [0.25, 0.3) is 0 Å². The lowest BCUT2D eigenvalue weighted by Gasteiger charge is -2.15. The van der Waals surface area contributed by atoms with Gasteiger partial charge in [0.1, 0.15) is 5.15 Å². The Bertz CT molecular complexity index is 441. The third-order valence-electron chi connectivity index (χ3n) is 2.37. The summed E-state index contributed by atoms with van der Waals surface area (Å²) in [5.74, 6) is 0. The molecular formula is C12H13ClN2S. The van der Waals surface area contributed by atoms with Crippen molar-refractivity contribution in [2.75, 3.05) is 18.5 Å². The van der Waals surface area contributed by atoms with Crippen LogP contribution in [0.25, 0.3) is 0 Å². The monoisotopic (exact) mass is 252 g/mol. The number of halogens is 1. The summed E-state index contributed by atoms with van der Waals surface area (Å²) in [6, 6.07) is 10.4. The third-order valence-corrected chi connectivity index (χ3v) is 3.65. The van der Waals surface area contributed by atoms with E-state index in [-0.39, 0.29) is 0 Å². The van der Waals surface area contributed by atoms with Crippen molar-refractivity contribution < 1.29 is 0 Å². The van der Waals surface area contributed by atoms with Crippen molar-refractivity contribution in [2.45, 2.75) is 6.42 Å². The van der Waals surface area contributed by atoms with Crippen LogP contribution in [0.3, 0.4) is 0 Å². The standard InChI is InChI=1S/C12H13ClN2S/c1-15(12-14-11(13)9-16-12)8-7-10-5-3-2-4-6-10/h2-6,9H,7-8H2,1H3. The quantitative estimate of drug-likeness (QED) is 0.828. The maximum absolute atomic E-state index is 5.79. The van der Waals surface area contributed by atoms with Crippen LogP contribution in [0.15, 0.2) is 35.7 Å². The molecule has 0 aliphatic heterocycles.